The van der Waals surface area contributed by atoms with Gasteiger partial charge in [0.25, 0.3) is 0 Å². The summed E-state index contributed by atoms with van der Waals surface area (Å²) >= 11 is 0. The molecule has 1 atom stereocenters. The molecule has 1 fully saturated rings. The van der Waals surface area contributed by atoms with Crippen LogP contribution >= 0.6 is 0 Å². The lowest BCUT2D eigenvalue weighted by molar-refractivity contribution is -0.138. The monoisotopic (exact) mass is 441 g/mol. The largest absolute Gasteiger partial charge is 0.356 e. The standard InChI is InChI=1S/C28H31N3O2/c32-27-15-14-24(21-31(27)20-17-25-13-7-8-18-29-25)28(33)30-19-16-26(22-9-3-1-4-10-22)23-11-5-2-6-12-23/h1-13,18,24,26H,14-17,19-21H2,(H,30,33)/t24-/m0/s1. The van der Waals surface area contributed by atoms with E-state index in [-0.39, 0.29) is 23.7 Å². The molecule has 33 heavy (non-hydrogen) atoms. The third-order valence-corrected chi connectivity index (χ3v) is 6.37. The third kappa shape index (κ3) is 6.28. The van der Waals surface area contributed by atoms with Gasteiger partial charge >= 0.3 is 0 Å². The number of aromatic nitrogens is 1. The molecule has 0 aliphatic carbocycles. The van der Waals surface area contributed by atoms with Gasteiger partial charge in [-0.2, -0.15) is 0 Å². The van der Waals surface area contributed by atoms with Gasteiger partial charge in [-0.3, -0.25) is 14.6 Å². The second-order valence-corrected chi connectivity index (χ2v) is 8.60. The number of carbonyl (C=O) groups excluding carboxylic acids is 2. The summed E-state index contributed by atoms with van der Waals surface area (Å²) in [7, 11) is 0. The third-order valence-electron chi connectivity index (χ3n) is 6.37. The van der Waals surface area contributed by atoms with Gasteiger partial charge < -0.3 is 10.2 Å². The topological polar surface area (TPSA) is 62.3 Å². The van der Waals surface area contributed by atoms with E-state index in [0.29, 0.717) is 38.9 Å². The Labute approximate surface area is 195 Å². The summed E-state index contributed by atoms with van der Waals surface area (Å²) < 4.78 is 0. The maximum absolute atomic E-state index is 12.9. The number of rotatable bonds is 9. The molecule has 5 nitrogen and oxygen atoms in total. The zero-order valence-corrected chi connectivity index (χ0v) is 18.9. The number of pyridine rings is 1. The van der Waals surface area contributed by atoms with Crippen molar-refractivity contribution in [2.75, 3.05) is 19.6 Å². The lowest BCUT2D eigenvalue weighted by atomic mass is 9.88. The first kappa shape index (κ1) is 22.7. The molecule has 2 heterocycles. The average Bonchev–Trinajstić information content (AvgIpc) is 2.87. The molecule has 5 heteroatoms. The van der Waals surface area contributed by atoms with Crippen molar-refractivity contribution in [2.24, 2.45) is 5.92 Å². The average molecular weight is 442 g/mol. The molecule has 0 unspecified atom stereocenters. The van der Waals surface area contributed by atoms with Crippen molar-refractivity contribution in [3.8, 4) is 0 Å². The number of piperidine rings is 1. The van der Waals surface area contributed by atoms with Crippen LogP contribution in [0.5, 0.6) is 0 Å². The number of amides is 2. The van der Waals surface area contributed by atoms with Crippen molar-refractivity contribution >= 4 is 11.8 Å². The molecule has 0 saturated carbocycles. The Morgan fingerprint density at radius 3 is 2.27 bits per heavy atom. The Morgan fingerprint density at radius 1 is 0.970 bits per heavy atom. The van der Waals surface area contributed by atoms with Crippen molar-refractivity contribution in [1.82, 2.24) is 15.2 Å². The van der Waals surface area contributed by atoms with Crippen molar-refractivity contribution in [2.45, 2.75) is 31.6 Å². The Balaban J connectivity index is 1.31. The Hall–Kier alpha value is -3.47. The first-order valence-electron chi connectivity index (χ1n) is 11.8. The number of carbonyl (C=O) groups is 2. The van der Waals surface area contributed by atoms with E-state index in [1.165, 1.54) is 11.1 Å². The van der Waals surface area contributed by atoms with E-state index in [1.54, 1.807) is 6.20 Å². The highest BCUT2D eigenvalue weighted by Crippen LogP contribution is 2.27. The number of likely N-dealkylation sites (tertiary alicyclic amines) is 1. The van der Waals surface area contributed by atoms with Crippen LogP contribution in [-0.4, -0.2) is 41.3 Å². The van der Waals surface area contributed by atoms with E-state index < -0.39 is 0 Å². The van der Waals surface area contributed by atoms with Crippen LogP contribution in [-0.2, 0) is 16.0 Å². The summed E-state index contributed by atoms with van der Waals surface area (Å²) in [6, 6.07) is 26.7. The highest BCUT2D eigenvalue weighted by Gasteiger charge is 2.30. The number of hydrogen-bond acceptors (Lipinski definition) is 3. The van der Waals surface area contributed by atoms with Gasteiger partial charge in [-0.15, -0.1) is 0 Å². The minimum Gasteiger partial charge on any atom is -0.356 e. The summed E-state index contributed by atoms with van der Waals surface area (Å²) in [6.07, 6.45) is 4.34. The SMILES string of the molecule is O=C(NCCC(c1ccccc1)c1ccccc1)[C@H]1CCC(=O)N(CCc2ccccn2)C1. The Bertz CT molecular complexity index is 985. The van der Waals surface area contributed by atoms with Crippen LogP contribution in [0, 0.1) is 5.92 Å². The van der Waals surface area contributed by atoms with Gasteiger partial charge in [0.1, 0.15) is 0 Å². The predicted octanol–water partition coefficient (Wildman–Crippen LogP) is 4.20. The van der Waals surface area contributed by atoms with E-state index in [0.717, 1.165) is 12.1 Å². The Morgan fingerprint density at radius 2 is 1.64 bits per heavy atom. The first-order chi connectivity index (χ1) is 16.2. The van der Waals surface area contributed by atoms with Gasteiger partial charge in [-0.1, -0.05) is 66.7 Å². The van der Waals surface area contributed by atoms with Crippen LogP contribution in [0.4, 0.5) is 0 Å². The molecule has 4 rings (SSSR count). The normalized spacial score (nSPS) is 16.1. The van der Waals surface area contributed by atoms with Crippen molar-refractivity contribution in [3.05, 3.63) is 102 Å². The maximum Gasteiger partial charge on any atom is 0.224 e. The van der Waals surface area contributed by atoms with Gasteiger partial charge in [-0.05, 0) is 36.1 Å². The number of hydrogen-bond donors (Lipinski definition) is 1. The molecule has 0 radical (unpaired) electrons. The summed E-state index contributed by atoms with van der Waals surface area (Å²) in [4.78, 5) is 31.4. The summed E-state index contributed by atoms with van der Waals surface area (Å²) in [5.41, 5.74) is 3.47. The number of nitrogens with one attached hydrogen (secondary N) is 1. The van der Waals surface area contributed by atoms with Crippen molar-refractivity contribution in [1.29, 1.82) is 0 Å². The van der Waals surface area contributed by atoms with Gasteiger partial charge in [0.05, 0.1) is 5.92 Å². The van der Waals surface area contributed by atoms with E-state index in [9.17, 15) is 9.59 Å². The lowest BCUT2D eigenvalue weighted by Gasteiger charge is -2.32. The van der Waals surface area contributed by atoms with E-state index in [2.05, 4.69) is 58.8 Å². The van der Waals surface area contributed by atoms with Crippen LogP contribution in [0.1, 0.15) is 42.0 Å². The fourth-order valence-electron chi connectivity index (χ4n) is 4.52. The minimum atomic E-state index is -0.154. The summed E-state index contributed by atoms with van der Waals surface area (Å²) in [5.74, 6) is 0.252. The van der Waals surface area contributed by atoms with Crippen molar-refractivity contribution in [3.63, 3.8) is 0 Å². The summed E-state index contributed by atoms with van der Waals surface area (Å²) in [6.45, 7) is 1.69. The van der Waals surface area contributed by atoms with Crippen LogP contribution in [0.15, 0.2) is 85.1 Å². The molecule has 1 aliphatic heterocycles. The molecule has 2 amide bonds. The fourth-order valence-corrected chi connectivity index (χ4v) is 4.52. The maximum atomic E-state index is 12.9. The quantitative estimate of drug-likeness (QED) is 0.541. The molecular weight excluding hydrogens is 410 g/mol. The molecule has 1 saturated heterocycles. The van der Waals surface area contributed by atoms with Crippen LogP contribution in [0.25, 0.3) is 0 Å². The minimum absolute atomic E-state index is 0.0465. The molecule has 0 spiro atoms. The van der Waals surface area contributed by atoms with Crippen LogP contribution < -0.4 is 5.32 Å². The second kappa shape index (κ2) is 11.4. The van der Waals surface area contributed by atoms with Gasteiger partial charge in [0, 0.05) is 50.3 Å². The zero-order valence-electron chi connectivity index (χ0n) is 18.9. The van der Waals surface area contributed by atoms with E-state index in [4.69, 9.17) is 0 Å². The van der Waals surface area contributed by atoms with Gasteiger partial charge in [0.15, 0.2) is 0 Å². The molecule has 2 aromatic carbocycles. The highest BCUT2D eigenvalue weighted by molar-refractivity contribution is 5.83. The van der Waals surface area contributed by atoms with E-state index >= 15 is 0 Å². The van der Waals surface area contributed by atoms with Crippen LogP contribution in [0.2, 0.25) is 0 Å². The second-order valence-electron chi connectivity index (χ2n) is 8.60. The summed E-state index contributed by atoms with van der Waals surface area (Å²) in [5, 5.41) is 3.14. The molecule has 3 aromatic rings. The van der Waals surface area contributed by atoms with E-state index in [1.807, 2.05) is 35.2 Å². The van der Waals surface area contributed by atoms with Gasteiger partial charge in [0.2, 0.25) is 11.8 Å². The van der Waals surface area contributed by atoms with Crippen molar-refractivity contribution < 1.29 is 9.59 Å². The molecule has 1 aromatic heterocycles. The predicted molar refractivity (Wildman–Crippen MR) is 130 cm³/mol. The molecule has 1 aliphatic rings. The molecule has 0 bridgehead atoms. The number of benzene rings is 2. The fraction of sp³-hybridized carbons (Fsp3) is 0.321. The Kier molecular flexibility index (Phi) is 7.85. The first-order valence-corrected chi connectivity index (χ1v) is 11.8. The molecular formula is C28H31N3O2. The number of nitrogens with zero attached hydrogens (tertiary/aromatic N) is 2. The smallest absolute Gasteiger partial charge is 0.224 e. The highest BCUT2D eigenvalue weighted by atomic mass is 16.2. The lowest BCUT2D eigenvalue weighted by Crippen LogP contribution is -2.46. The van der Waals surface area contributed by atoms with Crippen LogP contribution in [0.3, 0.4) is 0 Å². The zero-order chi connectivity index (χ0) is 22.9. The molecule has 1 N–H and O–H groups in total. The van der Waals surface area contributed by atoms with Gasteiger partial charge in [-0.25, -0.2) is 0 Å². The molecule has 170 valence electrons.